The van der Waals surface area contributed by atoms with Crippen LogP contribution in [0.25, 0.3) is 5.47 Å². The first-order chi connectivity index (χ1) is 8.66. The van der Waals surface area contributed by atoms with Crippen LogP contribution in [0.1, 0.15) is 33.3 Å². The van der Waals surface area contributed by atoms with Crippen molar-refractivity contribution in [3.05, 3.63) is 42.0 Å². The van der Waals surface area contributed by atoms with Crippen molar-refractivity contribution in [3.8, 4) is 0 Å². The van der Waals surface area contributed by atoms with E-state index in [4.69, 9.17) is 9.31 Å². The lowest BCUT2D eigenvalue weighted by atomic mass is 9.75. The zero-order valence-electron chi connectivity index (χ0n) is 11.6. The largest absolute Gasteiger partial charge is 0.495 e. The maximum atomic E-state index is 13.7. The van der Waals surface area contributed by atoms with Crippen LogP contribution in [0.3, 0.4) is 0 Å². The molecule has 0 radical (unpaired) electrons. The van der Waals surface area contributed by atoms with E-state index in [0.717, 1.165) is 0 Å². The fourth-order valence-corrected chi connectivity index (χ4v) is 1.91. The van der Waals surface area contributed by atoms with Crippen LogP contribution in [0.2, 0.25) is 0 Å². The summed E-state index contributed by atoms with van der Waals surface area (Å²) in [6, 6.07) is 3.69. The van der Waals surface area contributed by atoms with E-state index in [9.17, 15) is 8.78 Å². The molecule has 0 amide bonds. The fourth-order valence-electron chi connectivity index (χ4n) is 1.91. The predicted octanol–water partition coefficient (Wildman–Crippen LogP) is 3.61. The summed E-state index contributed by atoms with van der Waals surface area (Å²) < 4.78 is 38.9. The van der Waals surface area contributed by atoms with Gasteiger partial charge in [-0.05, 0) is 45.3 Å². The van der Waals surface area contributed by atoms with E-state index < -0.39 is 30.0 Å². The van der Waals surface area contributed by atoms with E-state index in [1.807, 2.05) is 27.7 Å². The van der Waals surface area contributed by atoms with Crippen LogP contribution in [0.5, 0.6) is 0 Å². The predicted molar refractivity (Wildman–Crippen MR) is 71.5 cm³/mol. The van der Waals surface area contributed by atoms with Gasteiger partial charge in [-0.25, -0.2) is 8.78 Å². The summed E-state index contributed by atoms with van der Waals surface area (Å²) in [6.45, 7) is 11.2. The van der Waals surface area contributed by atoms with Gasteiger partial charge in [0.1, 0.15) is 11.6 Å². The Labute approximate surface area is 112 Å². The summed E-state index contributed by atoms with van der Waals surface area (Å²) in [7, 11) is -0.851. The highest BCUT2D eigenvalue weighted by atomic mass is 19.1. The van der Waals surface area contributed by atoms with E-state index in [1.54, 1.807) is 0 Å². The van der Waals surface area contributed by atoms with Gasteiger partial charge in [0.05, 0.1) is 11.2 Å². The standard InChI is InChI=1S/C14H17BF2O2/c1-9(12-10(16)7-6-8-11(12)17)15-18-13(2,3)14(4,5)19-15/h6-8H,1H2,2-5H3. The molecule has 0 N–H and O–H groups in total. The summed E-state index contributed by atoms with van der Waals surface area (Å²) in [5.74, 6) is -1.33. The normalized spacial score (nSPS) is 20.6. The first-order valence-corrected chi connectivity index (χ1v) is 6.14. The first kappa shape index (κ1) is 14.2. The lowest BCUT2D eigenvalue weighted by Crippen LogP contribution is -2.41. The Bertz CT molecular complexity index is 490. The number of benzene rings is 1. The van der Waals surface area contributed by atoms with Crippen molar-refractivity contribution in [1.82, 2.24) is 0 Å². The maximum absolute atomic E-state index is 13.7. The molecule has 0 saturated carbocycles. The van der Waals surface area contributed by atoms with Gasteiger partial charge >= 0.3 is 7.12 Å². The first-order valence-electron chi connectivity index (χ1n) is 6.14. The molecule has 1 aromatic rings. The monoisotopic (exact) mass is 266 g/mol. The smallest absolute Gasteiger partial charge is 0.399 e. The topological polar surface area (TPSA) is 18.5 Å². The molecular weight excluding hydrogens is 249 g/mol. The molecule has 0 aliphatic carbocycles. The Morgan fingerprint density at radius 1 is 1.05 bits per heavy atom. The molecule has 1 aliphatic rings. The van der Waals surface area contributed by atoms with Gasteiger partial charge in [0.25, 0.3) is 0 Å². The molecule has 102 valence electrons. The molecule has 1 fully saturated rings. The Balaban J connectivity index is 2.33. The van der Waals surface area contributed by atoms with Crippen molar-refractivity contribution in [2.24, 2.45) is 0 Å². The lowest BCUT2D eigenvalue weighted by molar-refractivity contribution is 0.00578. The molecule has 0 atom stereocenters. The Kier molecular flexibility index (Phi) is 3.31. The van der Waals surface area contributed by atoms with E-state index >= 15 is 0 Å². The van der Waals surface area contributed by atoms with Crippen LogP contribution in [0, 0.1) is 11.6 Å². The SMILES string of the molecule is C=C(B1OC(C)(C)C(C)(C)O1)c1c(F)cccc1F. The Hall–Kier alpha value is -1.20. The molecule has 0 spiro atoms. The van der Waals surface area contributed by atoms with Crippen molar-refractivity contribution in [1.29, 1.82) is 0 Å². The fraction of sp³-hybridized carbons (Fsp3) is 0.429. The highest BCUT2D eigenvalue weighted by molar-refractivity contribution is 6.68. The van der Waals surface area contributed by atoms with Crippen LogP contribution in [0.15, 0.2) is 24.8 Å². The minimum atomic E-state index is -0.851. The van der Waals surface area contributed by atoms with Crippen LogP contribution >= 0.6 is 0 Å². The van der Waals surface area contributed by atoms with E-state index in [1.165, 1.54) is 18.2 Å². The van der Waals surface area contributed by atoms with E-state index in [2.05, 4.69) is 6.58 Å². The second-order valence-electron chi connectivity index (χ2n) is 5.71. The molecule has 1 saturated heterocycles. The summed E-state index contributed by atoms with van der Waals surface area (Å²) in [5.41, 5.74) is -1.15. The minimum absolute atomic E-state index is 0.161. The van der Waals surface area contributed by atoms with Gasteiger partial charge in [0.2, 0.25) is 0 Å². The zero-order chi connectivity index (χ0) is 14.4. The third-order valence-electron chi connectivity index (χ3n) is 3.82. The second kappa shape index (κ2) is 4.42. The van der Waals surface area contributed by atoms with Gasteiger partial charge in [0, 0.05) is 5.56 Å². The lowest BCUT2D eigenvalue weighted by Gasteiger charge is -2.32. The molecule has 0 unspecified atom stereocenters. The summed E-state index contributed by atoms with van der Waals surface area (Å²) in [6.07, 6.45) is 0. The molecule has 2 rings (SSSR count). The van der Waals surface area contributed by atoms with Crippen molar-refractivity contribution >= 4 is 12.6 Å². The number of rotatable bonds is 2. The van der Waals surface area contributed by atoms with Gasteiger partial charge in [-0.1, -0.05) is 12.6 Å². The van der Waals surface area contributed by atoms with Crippen LogP contribution in [0.4, 0.5) is 8.78 Å². The van der Waals surface area contributed by atoms with Crippen LogP contribution in [-0.2, 0) is 9.31 Å². The van der Waals surface area contributed by atoms with Gasteiger partial charge < -0.3 is 9.31 Å². The maximum Gasteiger partial charge on any atom is 0.495 e. The highest BCUT2D eigenvalue weighted by Gasteiger charge is 2.52. The molecule has 0 aromatic heterocycles. The van der Waals surface area contributed by atoms with Crippen LogP contribution < -0.4 is 0 Å². The van der Waals surface area contributed by atoms with Crippen LogP contribution in [-0.4, -0.2) is 18.3 Å². The highest BCUT2D eigenvalue weighted by Crippen LogP contribution is 2.40. The Morgan fingerprint density at radius 3 is 1.89 bits per heavy atom. The third kappa shape index (κ3) is 2.32. The molecule has 1 heterocycles. The molecule has 1 aromatic carbocycles. The molecular formula is C14H17BF2O2. The number of halogens is 2. The van der Waals surface area contributed by atoms with Gasteiger partial charge in [0.15, 0.2) is 0 Å². The van der Waals surface area contributed by atoms with Crippen molar-refractivity contribution in [2.45, 2.75) is 38.9 Å². The van der Waals surface area contributed by atoms with Crippen molar-refractivity contribution < 1.29 is 18.1 Å². The van der Waals surface area contributed by atoms with Gasteiger partial charge in [-0.15, -0.1) is 0 Å². The molecule has 2 nitrogen and oxygen atoms in total. The van der Waals surface area contributed by atoms with Gasteiger partial charge in [-0.2, -0.15) is 0 Å². The molecule has 0 bridgehead atoms. The summed E-state index contributed by atoms with van der Waals surface area (Å²) in [5, 5.41) is 0. The second-order valence-corrected chi connectivity index (χ2v) is 5.71. The molecule has 1 aliphatic heterocycles. The van der Waals surface area contributed by atoms with Gasteiger partial charge in [-0.3, -0.25) is 0 Å². The quantitative estimate of drug-likeness (QED) is 0.761. The summed E-state index contributed by atoms with van der Waals surface area (Å²) >= 11 is 0. The minimum Gasteiger partial charge on any atom is -0.399 e. The molecule has 19 heavy (non-hydrogen) atoms. The number of hydrogen-bond acceptors (Lipinski definition) is 2. The zero-order valence-corrected chi connectivity index (χ0v) is 11.6. The van der Waals surface area contributed by atoms with Crippen molar-refractivity contribution in [2.75, 3.05) is 0 Å². The average molecular weight is 266 g/mol. The Morgan fingerprint density at radius 2 is 1.47 bits per heavy atom. The molecule has 5 heteroatoms. The third-order valence-corrected chi connectivity index (χ3v) is 3.82. The summed E-state index contributed by atoms with van der Waals surface area (Å²) in [4.78, 5) is 0. The van der Waals surface area contributed by atoms with E-state index in [0.29, 0.717) is 0 Å². The number of hydrogen-bond donors (Lipinski definition) is 0. The van der Waals surface area contributed by atoms with Crippen molar-refractivity contribution in [3.63, 3.8) is 0 Å². The van der Waals surface area contributed by atoms with E-state index in [-0.39, 0.29) is 11.0 Å². The average Bonchev–Trinajstić information content (AvgIpc) is 2.47.